The minimum absolute atomic E-state index is 0.608. The first-order valence-electron chi connectivity index (χ1n) is 6.11. The first-order valence-corrected chi connectivity index (χ1v) is 6.11. The summed E-state index contributed by atoms with van der Waals surface area (Å²) in [4.78, 5) is 0. The third-order valence-corrected chi connectivity index (χ3v) is 3.19. The van der Waals surface area contributed by atoms with Gasteiger partial charge >= 0.3 is 0 Å². The Morgan fingerprint density at radius 2 is 1.89 bits per heavy atom. The Labute approximate surface area is 111 Å². The Hall–Kier alpha value is -2.42. The fourth-order valence-corrected chi connectivity index (χ4v) is 2.19. The molecule has 0 atom stereocenters. The van der Waals surface area contributed by atoms with Crippen LogP contribution in [0.15, 0.2) is 46.9 Å². The number of methoxy groups -OCH3 is 1. The van der Waals surface area contributed by atoms with E-state index in [4.69, 9.17) is 14.9 Å². The molecular formula is C16H15NO2. The number of aryl methyl sites for hydroxylation is 1. The van der Waals surface area contributed by atoms with Gasteiger partial charge in [0.05, 0.1) is 12.8 Å². The van der Waals surface area contributed by atoms with Crippen LogP contribution >= 0.6 is 0 Å². The second-order valence-electron chi connectivity index (χ2n) is 4.61. The summed E-state index contributed by atoms with van der Waals surface area (Å²) in [5.41, 5.74) is 9.58. The summed E-state index contributed by atoms with van der Waals surface area (Å²) in [7, 11) is 1.61. The lowest BCUT2D eigenvalue weighted by molar-refractivity contribution is 0.417. The first-order chi connectivity index (χ1) is 9.17. The van der Waals surface area contributed by atoms with Crippen LogP contribution in [0.4, 0.5) is 5.69 Å². The topological polar surface area (TPSA) is 48.4 Å². The molecule has 0 unspecified atom stereocenters. The van der Waals surface area contributed by atoms with Crippen molar-refractivity contribution in [3.05, 3.63) is 48.0 Å². The summed E-state index contributed by atoms with van der Waals surface area (Å²) in [6.45, 7) is 2.07. The molecule has 1 heterocycles. The molecule has 19 heavy (non-hydrogen) atoms. The normalized spacial score (nSPS) is 10.8. The first kappa shape index (κ1) is 11.7. The number of hydrogen-bond acceptors (Lipinski definition) is 3. The maximum Gasteiger partial charge on any atom is 0.141 e. The van der Waals surface area contributed by atoms with Gasteiger partial charge in [-0.25, -0.2) is 0 Å². The van der Waals surface area contributed by atoms with Gasteiger partial charge in [-0.1, -0.05) is 11.6 Å². The summed E-state index contributed by atoms with van der Waals surface area (Å²) in [5.74, 6) is 1.49. The van der Waals surface area contributed by atoms with E-state index in [9.17, 15) is 0 Å². The zero-order valence-corrected chi connectivity index (χ0v) is 10.9. The van der Waals surface area contributed by atoms with Crippen molar-refractivity contribution in [3.63, 3.8) is 0 Å². The molecule has 0 fully saturated rings. The molecule has 3 rings (SSSR count). The van der Waals surface area contributed by atoms with E-state index in [0.717, 1.165) is 22.3 Å². The molecule has 3 heteroatoms. The van der Waals surface area contributed by atoms with Crippen LogP contribution < -0.4 is 10.5 Å². The second-order valence-corrected chi connectivity index (χ2v) is 4.61. The molecule has 0 spiro atoms. The summed E-state index contributed by atoms with van der Waals surface area (Å²) in [6.07, 6.45) is 0. The van der Waals surface area contributed by atoms with E-state index in [1.54, 1.807) is 7.11 Å². The Balaban J connectivity index is 2.11. The zero-order chi connectivity index (χ0) is 13.4. The average molecular weight is 253 g/mol. The van der Waals surface area contributed by atoms with Crippen molar-refractivity contribution in [3.8, 4) is 17.1 Å². The smallest absolute Gasteiger partial charge is 0.141 e. The van der Waals surface area contributed by atoms with E-state index in [2.05, 4.69) is 13.0 Å². The van der Waals surface area contributed by atoms with Gasteiger partial charge in [0, 0.05) is 10.9 Å². The van der Waals surface area contributed by atoms with E-state index in [-0.39, 0.29) is 0 Å². The zero-order valence-electron chi connectivity index (χ0n) is 10.9. The SMILES string of the molecule is COc1ccc(-c2cc3cc(C)ccc3o2)cc1N. The molecule has 0 amide bonds. The minimum Gasteiger partial charge on any atom is -0.495 e. The summed E-state index contributed by atoms with van der Waals surface area (Å²) >= 11 is 0. The number of benzene rings is 2. The number of hydrogen-bond donors (Lipinski definition) is 1. The van der Waals surface area contributed by atoms with Crippen molar-refractivity contribution in [1.29, 1.82) is 0 Å². The van der Waals surface area contributed by atoms with Crippen LogP contribution in [0.2, 0.25) is 0 Å². The molecule has 0 aliphatic rings. The van der Waals surface area contributed by atoms with Crippen molar-refractivity contribution >= 4 is 16.7 Å². The molecule has 2 aromatic carbocycles. The molecule has 3 aromatic rings. The van der Waals surface area contributed by atoms with Crippen LogP contribution in [-0.4, -0.2) is 7.11 Å². The van der Waals surface area contributed by atoms with E-state index in [0.29, 0.717) is 11.4 Å². The van der Waals surface area contributed by atoms with Gasteiger partial charge < -0.3 is 14.9 Å². The van der Waals surface area contributed by atoms with Gasteiger partial charge in [-0.3, -0.25) is 0 Å². The van der Waals surface area contributed by atoms with Crippen LogP contribution in [0, 0.1) is 6.92 Å². The third kappa shape index (κ3) is 2.03. The lowest BCUT2D eigenvalue weighted by Gasteiger charge is -2.05. The maximum absolute atomic E-state index is 5.92. The van der Waals surface area contributed by atoms with Crippen molar-refractivity contribution < 1.29 is 9.15 Å². The standard InChI is InChI=1S/C16H15NO2/c1-10-3-5-14-12(7-10)9-16(19-14)11-4-6-15(18-2)13(17)8-11/h3-9H,17H2,1-2H3. The van der Waals surface area contributed by atoms with Gasteiger partial charge in [0.1, 0.15) is 17.1 Å². The Morgan fingerprint density at radius 1 is 1.05 bits per heavy atom. The van der Waals surface area contributed by atoms with Crippen molar-refractivity contribution in [2.45, 2.75) is 6.92 Å². The molecule has 0 saturated heterocycles. The van der Waals surface area contributed by atoms with Crippen LogP contribution in [0.25, 0.3) is 22.3 Å². The van der Waals surface area contributed by atoms with Crippen molar-refractivity contribution in [2.75, 3.05) is 12.8 Å². The van der Waals surface area contributed by atoms with Gasteiger partial charge in [-0.2, -0.15) is 0 Å². The second kappa shape index (κ2) is 4.35. The van der Waals surface area contributed by atoms with Crippen molar-refractivity contribution in [1.82, 2.24) is 0 Å². The lowest BCUT2D eigenvalue weighted by Crippen LogP contribution is -1.92. The summed E-state index contributed by atoms with van der Waals surface area (Å²) in [6, 6.07) is 13.8. The molecule has 96 valence electrons. The fourth-order valence-electron chi connectivity index (χ4n) is 2.19. The number of anilines is 1. The highest BCUT2D eigenvalue weighted by molar-refractivity contribution is 5.84. The largest absolute Gasteiger partial charge is 0.495 e. The highest BCUT2D eigenvalue weighted by atomic mass is 16.5. The Bertz CT molecular complexity index is 744. The third-order valence-electron chi connectivity index (χ3n) is 3.19. The molecule has 3 nitrogen and oxygen atoms in total. The number of rotatable bonds is 2. The van der Waals surface area contributed by atoms with Crippen LogP contribution in [-0.2, 0) is 0 Å². The monoisotopic (exact) mass is 253 g/mol. The summed E-state index contributed by atoms with van der Waals surface area (Å²) in [5, 5.41) is 1.10. The molecule has 0 bridgehead atoms. The highest BCUT2D eigenvalue weighted by Gasteiger charge is 2.08. The van der Waals surface area contributed by atoms with Gasteiger partial charge in [0.2, 0.25) is 0 Å². The summed E-state index contributed by atoms with van der Waals surface area (Å²) < 4.78 is 11.0. The Morgan fingerprint density at radius 3 is 2.63 bits per heavy atom. The van der Waals surface area contributed by atoms with E-state index < -0.39 is 0 Å². The molecule has 2 N–H and O–H groups in total. The molecule has 0 radical (unpaired) electrons. The van der Waals surface area contributed by atoms with Gasteiger partial charge in [-0.15, -0.1) is 0 Å². The average Bonchev–Trinajstić information content (AvgIpc) is 2.81. The van der Waals surface area contributed by atoms with E-state index in [1.807, 2.05) is 36.4 Å². The van der Waals surface area contributed by atoms with Crippen LogP contribution in [0.1, 0.15) is 5.56 Å². The molecule has 0 aliphatic carbocycles. The predicted octanol–water partition coefficient (Wildman–Crippen LogP) is 4.00. The minimum atomic E-state index is 0.608. The van der Waals surface area contributed by atoms with Gasteiger partial charge in [0.25, 0.3) is 0 Å². The van der Waals surface area contributed by atoms with E-state index >= 15 is 0 Å². The van der Waals surface area contributed by atoms with Gasteiger partial charge in [0.15, 0.2) is 0 Å². The van der Waals surface area contributed by atoms with Crippen LogP contribution in [0.3, 0.4) is 0 Å². The number of ether oxygens (including phenoxy) is 1. The lowest BCUT2D eigenvalue weighted by atomic mass is 10.1. The van der Waals surface area contributed by atoms with Crippen molar-refractivity contribution in [2.24, 2.45) is 0 Å². The predicted molar refractivity (Wildman–Crippen MR) is 77.4 cm³/mol. The number of fused-ring (bicyclic) bond motifs is 1. The number of nitrogens with two attached hydrogens (primary N) is 1. The maximum atomic E-state index is 5.92. The number of furan rings is 1. The Kier molecular flexibility index (Phi) is 2.67. The quantitative estimate of drug-likeness (QED) is 0.702. The van der Waals surface area contributed by atoms with E-state index in [1.165, 1.54) is 5.56 Å². The van der Waals surface area contributed by atoms with Crippen LogP contribution in [0.5, 0.6) is 5.75 Å². The fraction of sp³-hybridized carbons (Fsp3) is 0.125. The highest BCUT2D eigenvalue weighted by Crippen LogP contribution is 2.32. The molecule has 0 saturated carbocycles. The molecular weight excluding hydrogens is 238 g/mol. The molecule has 0 aliphatic heterocycles. The van der Waals surface area contributed by atoms with Gasteiger partial charge in [-0.05, 0) is 43.3 Å². The number of nitrogen functional groups attached to an aromatic ring is 1. The molecule has 1 aromatic heterocycles.